The Kier molecular flexibility index (Phi) is 7.53. The molecule has 0 amide bonds. The molecular weight excluding hydrogens is 475 g/mol. The Morgan fingerprint density at radius 1 is 1.08 bits per heavy atom. The van der Waals surface area contributed by atoms with Gasteiger partial charge in [-0.2, -0.15) is 5.26 Å². The fourth-order valence-corrected chi connectivity index (χ4v) is 5.63. The van der Waals surface area contributed by atoms with Gasteiger partial charge in [-0.15, -0.1) is 0 Å². The van der Waals surface area contributed by atoms with E-state index in [0.717, 1.165) is 83.4 Å². The summed E-state index contributed by atoms with van der Waals surface area (Å²) < 4.78 is 12.4. The maximum atomic E-state index is 12.4. The SMILES string of the molecule is Cc1cccc(C2=C(c3ccc(C=C4CN(CCCF)C4)cc3)c3ccc(C(=O)O)cc3CCC2)c1C#N. The minimum Gasteiger partial charge on any atom is -0.478 e. The highest BCUT2D eigenvalue weighted by molar-refractivity contribution is 6.01. The topological polar surface area (TPSA) is 64.3 Å². The molecule has 3 aromatic rings. The number of aromatic carboxylic acids is 1. The number of hydrogen-bond donors (Lipinski definition) is 1. The maximum absolute atomic E-state index is 12.4. The Bertz CT molecular complexity index is 1470. The van der Waals surface area contributed by atoms with Gasteiger partial charge in [-0.25, -0.2) is 4.79 Å². The van der Waals surface area contributed by atoms with Crippen LogP contribution < -0.4 is 0 Å². The predicted molar refractivity (Wildman–Crippen MR) is 150 cm³/mol. The normalized spacial score (nSPS) is 15.3. The Hall–Kier alpha value is -4.01. The molecule has 0 radical (unpaired) electrons. The summed E-state index contributed by atoms with van der Waals surface area (Å²) in [6, 6.07) is 22.3. The van der Waals surface area contributed by atoms with Crippen LogP contribution in [0.15, 0.2) is 66.2 Å². The molecule has 0 aromatic heterocycles. The lowest BCUT2D eigenvalue weighted by Crippen LogP contribution is -2.40. The van der Waals surface area contributed by atoms with E-state index in [2.05, 4.69) is 41.3 Å². The van der Waals surface area contributed by atoms with Crippen molar-refractivity contribution in [1.29, 1.82) is 5.26 Å². The van der Waals surface area contributed by atoms with Gasteiger partial charge in [0, 0.05) is 19.6 Å². The average Bonchev–Trinajstić information content (AvgIpc) is 3.09. The number of hydrogen-bond acceptors (Lipinski definition) is 3. The van der Waals surface area contributed by atoms with Gasteiger partial charge in [0.25, 0.3) is 0 Å². The number of benzene rings is 3. The van der Waals surface area contributed by atoms with E-state index < -0.39 is 5.97 Å². The molecular formula is C33H31FN2O2. The number of aryl methyl sites for hydroxylation is 2. The Morgan fingerprint density at radius 3 is 2.58 bits per heavy atom. The van der Waals surface area contributed by atoms with Crippen molar-refractivity contribution in [3.8, 4) is 6.07 Å². The number of carboxylic acid groups (broad SMARTS) is 1. The summed E-state index contributed by atoms with van der Waals surface area (Å²) in [6.45, 7) is 4.28. The van der Waals surface area contributed by atoms with Crippen molar-refractivity contribution in [2.75, 3.05) is 26.3 Å². The molecule has 1 aliphatic carbocycles. The predicted octanol–water partition coefficient (Wildman–Crippen LogP) is 6.92. The average molecular weight is 507 g/mol. The molecule has 1 aliphatic heterocycles. The quantitative estimate of drug-likeness (QED) is 0.378. The molecule has 0 spiro atoms. The third-order valence-corrected chi connectivity index (χ3v) is 7.54. The van der Waals surface area contributed by atoms with Crippen LogP contribution in [-0.4, -0.2) is 42.3 Å². The second-order valence-corrected chi connectivity index (χ2v) is 10.2. The monoisotopic (exact) mass is 506 g/mol. The Balaban J connectivity index is 1.58. The van der Waals surface area contributed by atoms with Crippen LogP contribution >= 0.6 is 0 Å². The van der Waals surface area contributed by atoms with E-state index in [-0.39, 0.29) is 6.67 Å². The second-order valence-electron chi connectivity index (χ2n) is 10.2. The van der Waals surface area contributed by atoms with Gasteiger partial charge in [0.2, 0.25) is 0 Å². The minimum absolute atomic E-state index is 0.270. The van der Waals surface area contributed by atoms with Gasteiger partial charge in [-0.3, -0.25) is 9.29 Å². The van der Waals surface area contributed by atoms with Crippen molar-refractivity contribution in [2.24, 2.45) is 0 Å². The first kappa shape index (κ1) is 25.6. The summed E-state index contributed by atoms with van der Waals surface area (Å²) in [7, 11) is 0. The van der Waals surface area contributed by atoms with Gasteiger partial charge >= 0.3 is 5.97 Å². The van der Waals surface area contributed by atoms with E-state index >= 15 is 0 Å². The highest BCUT2D eigenvalue weighted by atomic mass is 19.1. The van der Waals surface area contributed by atoms with Crippen LogP contribution in [0, 0.1) is 18.3 Å². The van der Waals surface area contributed by atoms with E-state index in [1.165, 1.54) is 5.57 Å². The van der Waals surface area contributed by atoms with E-state index in [1.54, 1.807) is 12.1 Å². The largest absolute Gasteiger partial charge is 0.478 e. The van der Waals surface area contributed by atoms with Gasteiger partial charge in [-0.05, 0) is 94.8 Å². The van der Waals surface area contributed by atoms with Crippen LogP contribution in [0.2, 0.25) is 0 Å². The number of likely N-dealkylation sites (tertiary alicyclic amines) is 1. The summed E-state index contributed by atoms with van der Waals surface area (Å²) in [6.07, 6.45) is 5.24. The zero-order valence-corrected chi connectivity index (χ0v) is 21.6. The van der Waals surface area contributed by atoms with Crippen LogP contribution in [0.25, 0.3) is 17.2 Å². The number of carbonyl (C=O) groups is 1. The fraction of sp³-hybridized carbons (Fsp3) is 0.273. The molecule has 1 saturated heterocycles. The maximum Gasteiger partial charge on any atom is 0.335 e. The van der Waals surface area contributed by atoms with Crippen molar-refractivity contribution in [1.82, 2.24) is 4.90 Å². The van der Waals surface area contributed by atoms with E-state index in [9.17, 15) is 19.6 Å². The van der Waals surface area contributed by atoms with Crippen molar-refractivity contribution in [2.45, 2.75) is 32.6 Å². The van der Waals surface area contributed by atoms with Crippen molar-refractivity contribution < 1.29 is 14.3 Å². The number of rotatable bonds is 7. The molecule has 0 bridgehead atoms. The number of carboxylic acids is 1. The lowest BCUT2D eigenvalue weighted by atomic mass is 9.85. The number of fused-ring (bicyclic) bond motifs is 1. The molecule has 0 atom stereocenters. The van der Waals surface area contributed by atoms with Gasteiger partial charge in [0.15, 0.2) is 0 Å². The Labute approximate surface area is 223 Å². The number of halogens is 1. The van der Waals surface area contributed by atoms with Crippen molar-refractivity contribution in [3.63, 3.8) is 0 Å². The second kappa shape index (κ2) is 11.2. The molecule has 4 nitrogen and oxygen atoms in total. The summed E-state index contributed by atoms with van der Waals surface area (Å²) in [4.78, 5) is 13.9. The molecule has 0 unspecified atom stereocenters. The molecule has 1 heterocycles. The highest BCUT2D eigenvalue weighted by Gasteiger charge is 2.23. The Morgan fingerprint density at radius 2 is 1.87 bits per heavy atom. The van der Waals surface area contributed by atoms with E-state index in [4.69, 9.17) is 0 Å². The number of allylic oxidation sites excluding steroid dienone is 1. The molecule has 3 aromatic carbocycles. The van der Waals surface area contributed by atoms with Gasteiger partial charge in [-0.1, -0.05) is 54.6 Å². The van der Waals surface area contributed by atoms with Crippen molar-refractivity contribution >= 4 is 23.2 Å². The van der Waals surface area contributed by atoms with Gasteiger partial charge in [0.1, 0.15) is 6.07 Å². The van der Waals surface area contributed by atoms with Crippen molar-refractivity contribution in [3.05, 3.63) is 111 Å². The molecule has 38 heavy (non-hydrogen) atoms. The van der Waals surface area contributed by atoms with E-state index in [0.29, 0.717) is 17.5 Å². The first-order valence-corrected chi connectivity index (χ1v) is 13.2. The van der Waals surface area contributed by atoms with Crippen LogP contribution in [0.5, 0.6) is 0 Å². The standard InChI is InChI=1S/C33H31FN2O2/c1-22-5-2-7-29(31(22)19-35)30-8-3-6-26-18-27(33(37)38)13-14-28(26)32(30)25-11-9-23(10-12-25)17-24-20-36(21-24)16-4-15-34/h2,5,7,9-14,17-18H,3-4,6,8,15-16,20-21H2,1H3,(H,37,38). The molecule has 1 fully saturated rings. The van der Waals surface area contributed by atoms with Crippen LogP contribution in [-0.2, 0) is 6.42 Å². The summed E-state index contributed by atoms with van der Waals surface area (Å²) in [5, 5.41) is 19.6. The summed E-state index contributed by atoms with van der Waals surface area (Å²) in [5.74, 6) is -0.926. The lowest BCUT2D eigenvalue weighted by molar-refractivity contribution is 0.0696. The number of nitriles is 1. The zero-order chi connectivity index (χ0) is 26.6. The molecule has 5 rings (SSSR count). The molecule has 192 valence electrons. The fourth-order valence-electron chi connectivity index (χ4n) is 5.63. The number of alkyl halides is 1. The van der Waals surface area contributed by atoms with Crippen LogP contribution in [0.1, 0.15) is 68.6 Å². The first-order chi connectivity index (χ1) is 18.5. The van der Waals surface area contributed by atoms with Crippen LogP contribution in [0.4, 0.5) is 4.39 Å². The molecule has 5 heteroatoms. The number of nitrogens with zero attached hydrogens (tertiary/aromatic N) is 2. The lowest BCUT2D eigenvalue weighted by Gasteiger charge is -2.33. The summed E-state index contributed by atoms with van der Waals surface area (Å²) in [5.41, 5.74) is 10.6. The van der Waals surface area contributed by atoms with Gasteiger partial charge < -0.3 is 5.11 Å². The van der Waals surface area contributed by atoms with E-state index in [1.807, 2.05) is 31.2 Å². The molecule has 2 aliphatic rings. The summed E-state index contributed by atoms with van der Waals surface area (Å²) >= 11 is 0. The first-order valence-electron chi connectivity index (χ1n) is 13.2. The minimum atomic E-state index is -0.926. The van der Waals surface area contributed by atoms with Gasteiger partial charge in [0.05, 0.1) is 17.8 Å². The zero-order valence-electron chi connectivity index (χ0n) is 21.6. The third kappa shape index (κ3) is 5.18. The highest BCUT2D eigenvalue weighted by Crippen LogP contribution is 2.41. The third-order valence-electron chi connectivity index (χ3n) is 7.54. The van der Waals surface area contributed by atoms with Crippen LogP contribution in [0.3, 0.4) is 0 Å². The molecule has 0 saturated carbocycles. The molecule has 1 N–H and O–H groups in total. The smallest absolute Gasteiger partial charge is 0.335 e.